The number of fused-ring (bicyclic) bond motifs is 3. The van der Waals surface area contributed by atoms with Gasteiger partial charge in [-0.05, 0) is 43.9 Å². The molecule has 0 atom stereocenters. The zero-order valence-corrected chi connectivity index (χ0v) is 16.8. The Morgan fingerprint density at radius 2 is 1.85 bits per heavy atom. The third kappa shape index (κ3) is 3.74. The minimum Gasteiger partial charge on any atom is -0.330 e. The summed E-state index contributed by atoms with van der Waals surface area (Å²) in [5.41, 5.74) is 2.17. The average molecular weight is 396 g/mol. The summed E-state index contributed by atoms with van der Waals surface area (Å²) in [5, 5.41) is 1.07. The van der Waals surface area contributed by atoms with Crippen molar-refractivity contribution in [2.75, 3.05) is 13.6 Å². The molecule has 4 aromatic rings. The second-order valence-corrected chi connectivity index (χ2v) is 8.21. The fourth-order valence-electron chi connectivity index (χ4n) is 3.39. The molecular formula is C21H21N3OS2. The van der Waals surface area contributed by atoms with Gasteiger partial charge in [-0.2, -0.15) is 0 Å². The SMILES string of the molecule is CN(CCCn1c(=S)[nH]c2c(sc3ccccc32)c1=O)Cc1ccccc1. The number of nitrogens with zero attached hydrogens (tertiary/aromatic N) is 2. The van der Waals surface area contributed by atoms with Crippen LogP contribution >= 0.6 is 23.6 Å². The number of aromatic amines is 1. The monoisotopic (exact) mass is 395 g/mol. The van der Waals surface area contributed by atoms with Gasteiger partial charge in [0.2, 0.25) is 0 Å². The van der Waals surface area contributed by atoms with Gasteiger partial charge in [-0.1, -0.05) is 48.5 Å². The first-order valence-electron chi connectivity index (χ1n) is 9.00. The number of thiophene rings is 1. The van der Waals surface area contributed by atoms with Gasteiger partial charge < -0.3 is 9.88 Å². The summed E-state index contributed by atoms with van der Waals surface area (Å²) in [4.78, 5) is 18.5. The van der Waals surface area contributed by atoms with E-state index >= 15 is 0 Å². The molecule has 4 rings (SSSR count). The molecule has 2 aromatic heterocycles. The van der Waals surface area contributed by atoms with Crippen molar-refractivity contribution in [1.29, 1.82) is 0 Å². The lowest BCUT2D eigenvalue weighted by Gasteiger charge is -2.17. The molecule has 0 radical (unpaired) electrons. The molecule has 2 aromatic carbocycles. The molecule has 0 saturated carbocycles. The average Bonchev–Trinajstić information content (AvgIpc) is 3.04. The van der Waals surface area contributed by atoms with Gasteiger partial charge in [0.25, 0.3) is 5.56 Å². The van der Waals surface area contributed by atoms with E-state index in [2.05, 4.69) is 41.2 Å². The van der Waals surface area contributed by atoms with Crippen LogP contribution in [0.5, 0.6) is 0 Å². The summed E-state index contributed by atoms with van der Waals surface area (Å²) in [6.45, 7) is 2.43. The molecular weight excluding hydrogens is 374 g/mol. The fourth-order valence-corrected chi connectivity index (χ4v) is 4.77. The largest absolute Gasteiger partial charge is 0.330 e. The van der Waals surface area contributed by atoms with E-state index in [0.717, 1.165) is 39.8 Å². The molecule has 0 aliphatic rings. The minimum absolute atomic E-state index is 0.0145. The zero-order valence-electron chi connectivity index (χ0n) is 15.1. The maximum Gasteiger partial charge on any atom is 0.272 e. The van der Waals surface area contributed by atoms with Crippen molar-refractivity contribution in [3.8, 4) is 0 Å². The summed E-state index contributed by atoms with van der Waals surface area (Å²) >= 11 is 7.01. The first-order chi connectivity index (χ1) is 13.1. The predicted octanol–water partition coefficient (Wildman–Crippen LogP) is 4.80. The Morgan fingerprint density at radius 1 is 1.11 bits per heavy atom. The Balaban J connectivity index is 1.51. The minimum atomic E-state index is 0.0145. The second kappa shape index (κ2) is 7.76. The van der Waals surface area contributed by atoms with Crippen LogP contribution in [0.4, 0.5) is 0 Å². The molecule has 0 saturated heterocycles. The van der Waals surface area contributed by atoms with E-state index in [0.29, 0.717) is 11.3 Å². The highest BCUT2D eigenvalue weighted by Crippen LogP contribution is 2.29. The molecule has 1 N–H and O–H groups in total. The summed E-state index contributed by atoms with van der Waals surface area (Å²) in [5.74, 6) is 0. The van der Waals surface area contributed by atoms with Gasteiger partial charge in [0.1, 0.15) is 4.70 Å². The van der Waals surface area contributed by atoms with Crippen LogP contribution in [0.25, 0.3) is 20.3 Å². The van der Waals surface area contributed by atoms with E-state index in [-0.39, 0.29) is 5.56 Å². The lowest BCUT2D eigenvalue weighted by atomic mass is 10.2. The highest BCUT2D eigenvalue weighted by molar-refractivity contribution is 7.71. The third-order valence-electron chi connectivity index (χ3n) is 4.73. The maximum atomic E-state index is 13.0. The van der Waals surface area contributed by atoms with E-state index in [1.54, 1.807) is 4.57 Å². The molecule has 0 amide bonds. The standard InChI is InChI=1S/C21H21N3OS2/c1-23(14-15-8-3-2-4-9-15)12-7-13-24-20(25)19-18(22-21(24)26)16-10-5-6-11-17(16)27-19/h2-6,8-11H,7,12-14H2,1H3,(H,22,26). The molecule has 0 unspecified atom stereocenters. The quantitative estimate of drug-likeness (QED) is 0.477. The molecule has 0 fully saturated rings. The van der Waals surface area contributed by atoms with Crippen LogP contribution in [0.1, 0.15) is 12.0 Å². The second-order valence-electron chi connectivity index (χ2n) is 6.77. The molecule has 27 heavy (non-hydrogen) atoms. The van der Waals surface area contributed by atoms with Crippen LogP contribution in [0.2, 0.25) is 0 Å². The van der Waals surface area contributed by atoms with Crippen LogP contribution in [-0.4, -0.2) is 28.0 Å². The molecule has 0 aliphatic carbocycles. The number of nitrogens with one attached hydrogen (secondary N) is 1. The summed E-state index contributed by atoms with van der Waals surface area (Å²) < 4.78 is 4.06. The van der Waals surface area contributed by atoms with Gasteiger partial charge in [-0.3, -0.25) is 9.36 Å². The molecule has 6 heteroatoms. The van der Waals surface area contributed by atoms with Crippen molar-refractivity contribution in [2.24, 2.45) is 0 Å². The van der Waals surface area contributed by atoms with Crippen LogP contribution in [0.3, 0.4) is 0 Å². The fraction of sp³-hybridized carbons (Fsp3) is 0.238. The van der Waals surface area contributed by atoms with Crippen molar-refractivity contribution >= 4 is 43.9 Å². The molecule has 4 nitrogen and oxygen atoms in total. The smallest absolute Gasteiger partial charge is 0.272 e. The van der Waals surface area contributed by atoms with E-state index in [4.69, 9.17) is 12.2 Å². The van der Waals surface area contributed by atoms with Crippen LogP contribution in [0, 0.1) is 4.77 Å². The Labute approximate surface area is 166 Å². The van der Waals surface area contributed by atoms with Gasteiger partial charge in [-0.25, -0.2) is 0 Å². The van der Waals surface area contributed by atoms with Crippen molar-refractivity contribution in [3.05, 3.63) is 75.3 Å². The van der Waals surface area contributed by atoms with E-state index in [9.17, 15) is 4.79 Å². The Kier molecular flexibility index (Phi) is 5.20. The summed E-state index contributed by atoms with van der Waals surface area (Å²) in [6.07, 6.45) is 0.872. The van der Waals surface area contributed by atoms with Gasteiger partial charge in [0, 0.05) is 23.2 Å². The number of hydrogen-bond acceptors (Lipinski definition) is 4. The van der Waals surface area contributed by atoms with Crippen LogP contribution < -0.4 is 5.56 Å². The number of rotatable bonds is 6. The normalized spacial score (nSPS) is 11.6. The summed E-state index contributed by atoms with van der Waals surface area (Å²) in [6, 6.07) is 18.5. The number of aromatic nitrogens is 2. The van der Waals surface area contributed by atoms with Crippen LogP contribution in [-0.2, 0) is 13.1 Å². The lowest BCUT2D eigenvalue weighted by Crippen LogP contribution is -2.25. The first kappa shape index (κ1) is 18.1. The Hall–Kier alpha value is -2.28. The van der Waals surface area contributed by atoms with Crippen molar-refractivity contribution in [1.82, 2.24) is 14.5 Å². The predicted molar refractivity (Wildman–Crippen MR) is 116 cm³/mol. The van der Waals surface area contributed by atoms with E-state index in [1.165, 1.54) is 16.9 Å². The molecule has 0 aliphatic heterocycles. The number of hydrogen-bond donors (Lipinski definition) is 1. The van der Waals surface area contributed by atoms with Crippen molar-refractivity contribution in [3.63, 3.8) is 0 Å². The van der Waals surface area contributed by atoms with Crippen LogP contribution in [0.15, 0.2) is 59.4 Å². The molecule has 0 bridgehead atoms. The first-order valence-corrected chi connectivity index (χ1v) is 10.2. The van der Waals surface area contributed by atoms with Gasteiger partial charge >= 0.3 is 0 Å². The molecule has 138 valence electrons. The summed E-state index contributed by atoms with van der Waals surface area (Å²) in [7, 11) is 2.10. The van der Waals surface area contributed by atoms with Gasteiger partial charge in [0.05, 0.1) is 5.52 Å². The Bertz CT molecular complexity index is 1190. The van der Waals surface area contributed by atoms with Crippen molar-refractivity contribution < 1.29 is 0 Å². The zero-order chi connectivity index (χ0) is 18.8. The highest BCUT2D eigenvalue weighted by Gasteiger charge is 2.12. The maximum absolute atomic E-state index is 13.0. The van der Waals surface area contributed by atoms with Gasteiger partial charge in [0.15, 0.2) is 4.77 Å². The highest BCUT2D eigenvalue weighted by atomic mass is 32.1. The van der Waals surface area contributed by atoms with Gasteiger partial charge in [-0.15, -0.1) is 11.3 Å². The number of H-pyrrole nitrogens is 1. The lowest BCUT2D eigenvalue weighted by molar-refractivity contribution is 0.313. The topological polar surface area (TPSA) is 41.0 Å². The molecule has 2 heterocycles. The van der Waals surface area contributed by atoms with Crippen molar-refractivity contribution in [2.45, 2.75) is 19.5 Å². The van der Waals surface area contributed by atoms with E-state index < -0.39 is 0 Å². The number of benzene rings is 2. The third-order valence-corrected chi connectivity index (χ3v) is 6.21. The Morgan fingerprint density at radius 3 is 2.67 bits per heavy atom. The van der Waals surface area contributed by atoms with E-state index in [1.807, 2.05) is 30.3 Å². The molecule has 0 spiro atoms.